The van der Waals surface area contributed by atoms with Crippen LogP contribution in [0.25, 0.3) is 5.95 Å². The topological polar surface area (TPSA) is 306 Å². The minimum atomic E-state index is -1.40. The van der Waals surface area contributed by atoms with Crippen LogP contribution in [0.4, 0.5) is 39.9 Å². The standard InChI is InChI=1S/C26H20N12O8S/c1-9-17(34-35-26-28-10(2)37-47-26)18(27)38(36-9)25-32-23(29-15-5-11(19(39)40)3-12(6-15)20(41)42)31-24(33-25)30-16-7-13(21(43)44)4-14(8-16)22(45)46/h3-8H,27H2,1-2H3,(H,39,40)(H,41,42)(H,43,44)(H,45,46)(H2,29,30,31,32,33)/b35-34+. The second kappa shape index (κ2) is 12.6. The van der Waals surface area contributed by atoms with Gasteiger partial charge in [-0.05, 0) is 50.2 Å². The van der Waals surface area contributed by atoms with Gasteiger partial charge in [0, 0.05) is 22.9 Å². The van der Waals surface area contributed by atoms with E-state index < -0.39 is 23.9 Å². The molecule has 0 aliphatic carbocycles. The van der Waals surface area contributed by atoms with Crippen molar-refractivity contribution in [1.82, 2.24) is 34.1 Å². The van der Waals surface area contributed by atoms with E-state index in [1.807, 2.05) is 0 Å². The molecular weight excluding hydrogens is 640 g/mol. The highest BCUT2D eigenvalue weighted by Gasteiger charge is 2.20. The van der Waals surface area contributed by atoms with Crippen LogP contribution in [0.1, 0.15) is 53.0 Å². The molecule has 2 aromatic carbocycles. The lowest BCUT2D eigenvalue weighted by Gasteiger charge is -2.12. The zero-order valence-corrected chi connectivity index (χ0v) is 24.7. The molecule has 5 rings (SSSR count). The van der Waals surface area contributed by atoms with Crippen LogP contribution >= 0.6 is 11.5 Å². The molecule has 0 aliphatic rings. The van der Waals surface area contributed by atoms with E-state index in [-0.39, 0.29) is 68.1 Å². The van der Waals surface area contributed by atoms with Crippen LogP contribution in [0.2, 0.25) is 0 Å². The molecular formula is C26H20N12O8S. The number of hydrogen-bond acceptors (Lipinski definition) is 16. The Morgan fingerprint density at radius 2 is 1.19 bits per heavy atom. The Morgan fingerprint density at radius 1 is 0.723 bits per heavy atom. The quantitative estimate of drug-likeness (QED) is 0.0990. The number of nitrogen functional groups attached to an aromatic ring is 1. The van der Waals surface area contributed by atoms with E-state index in [0.29, 0.717) is 11.5 Å². The van der Waals surface area contributed by atoms with E-state index in [9.17, 15) is 39.6 Å². The van der Waals surface area contributed by atoms with Gasteiger partial charge in [0.15, 0.2) is 11.5 Å². The van der Waals surface area contributed by atoms with Gasteiger partial charge in [-0.3, -0.25) is 0 Å². The summed E-state index contributed by atoms with van der Waals surface area (Å²) >= 11 is 1.01. The molecule has 0 spiro atoms. The first-order chi connectivity index (χ1) is 22.3. The first kappa shape index (κ1) is 31.5. The molecule has 0 saturated carbocycles. The number of hydrogen-bond donors (Lipinski definition) is 7. The lowest BCUT2D eigenvalue weighted by atomic mass is 10.1. The van der Waals surface area contributed by atoms with Gasteiger partial charge in [-0.2, -0.15) is 29.1 Å². The van der Waals surface area contributed by atoms with E-state index in [4.69, 9.17) is 5.73 Å². The van der Waals surface area contributed by atoms with Crippen molar-refractivity contribution in [3.63, 3.8) is 0 Å². The van der Waals surface area contributed by atoms with Gasteiger partial charge in [-0.15, -0.1) is 10.2 Å². The molecule has 238 valence electrons. The number of carboxylic acids is 4. The second-order valence-electron chi connectivity index (χ2n) is 9.41. The molecule has 0 saturated heterocycles. The number of carboxylic acid groups (broad SMARTS) is 4. The second-order valence-corrected chi connectivity index (χ2v) is 10.1. The molecule has 3 aromatic heterocycles. The smallest absolute Gasteiger partial charge is 0.335 e. The van der Waals surface area contributed by atoms with Gasteiger partial charge in [-0.1, -0.05) is 0 Å². The van der Waals surface area contributed by atoms with Crippen LogP contribution in [-0.4, -0.2) is 78.4 Å². The summed E-state index contributed by atoms with van der Waals surface area (Å²) in [6, 6.07) is 6.48. The highest BCUT2D eigenvalue weighted by Crippen LogP contribution is 2.31. The molecule has 3 heterocycles. The van der Waals surface area contributed by atoms with Crippen molar-refractivity contribution in [2.45, 2.75) is 13.8 Å². The number of nitrogens with two attached hydrogens (primary N) is 1. The van der Waals surface area contributed by atoms with Crippen molar-refractivity contribution < 1.29 is 39.6 Å². The van der Waals surface area contributed by atoms with Gasteiger partial charge in [-0.25, -0.2) is 24.2 Å². The van der Waals surface area contributed by atoms with Crippen molar-refractivity contribution in [2.24, 2.45) is 10.2 Å². The predicted octanol–water partition coefficient (Wildman–Crippen LogP) is 3.80. The molecule has 0 atom stereocenters. The van der Waals surface area contributed by atoms with Crippen molar-refractivity contribution in [3.8, 4) is 5.95 Å². The van der Waals surface area contributed by atoms with Crippen LogP contribution in [-0.2, 0) is 0 Å². The summed E-state index contributed by atoms with van der Waals surface area (Å²) in [7, 11) is 0. The van der Waals surface area contributed by atoms with Crippen LogP contribution in [0.5, 0.6) is 0 Å². The molecule has 47 heavy (non-hydrogen) atoms. The molecule has 0 aliphatic heterocycles. The number of nitrogens with zero attached hydrogens (tertiary/aromatic N) is 9. The molecule has 0 unspecified atom stereocenters. The summed E-state index contributed by atoms with van der Waals surface area (Å²) in [4.78, 5) is 63.5. The highest BCUT2D eigenvalue weighted by atomic mass is 32.1. The molecule has 5 aromatic rings. The van der Waals surface area contributed by atoms with Gasteiger partial charge < -0.3 is 36.8 Å². The molecule has 0 fully saturated rings. The Hall–Kier alpha value is -6.90. The maximum atomic E-state index is 11.6. The van der Waals surface area contributed by atoms with Crippen molar-refractivity contribution in [1.29, 1.82) is 0 Å². The Morgan fingerprint density at radius 3 is 1.60 bits per heavy atom. The Bertz CT molecular complexity index is 1970. The molecule has 0 radical (unpaired) electrons. The fourth-order valence-electron chi connectivity index (χ4n) is 3.96. The summed E-state index contributed by atoms with van der Waals surface area (Å²) < 4.78 is 5.11. The normalized spacial score (nSPS) is 11.0. The molecule has 0 bridgehead atoms. The summed E-state index contributed by atoms with van der Waals surface area (Å²) in [6.45, 7) is 3.27. The number of nitrogens with one attached hydrogen (secondary N) is 2. The third-order valence-electron chi connectivity index (χ3n) is 6.00. The van der Waals surface area contributed by atoms with Gasteiger partial charge >= 0.3 is 23.9 Å². The zero-order chi connectivity index (χ0) is 34.0. The molecule has 21 heteroatoms. The summed E-state index contributed by atoms with van der Waals surface area (Å²) in [6.07, 6.45) is 0. The number of benzene rings is 2. The van der Waals surface area contributed by atoms with E-state index in [1.54, 1.807) is 13.8 Å². The number of anilines is 5. The minimum Gasteiger partial charge on any atom is -0.478 e. The summed E-state index contributed by atoms with van der Waals surface area (Å²) in [5, 5.41) is 56.1. The van der Waals surface area contributed by atoms with Gasteiger partial charge in [0.25, 0.3) is 5.95 Å². The van der Waals surface area contributed by atoms with E-state index in [0.717, 1.165) is 52.6 Å². The molecule has 20 nitrogen and oxygen atoms in total. The fourth-order valence-corrected chi connectivity index (χ4v) is 4.46. The molecule has 8 N–H and O–H groups in total. The van der Waals surface area contributed by atoms with Crippen LogP contribution < -0.4 is 16.4 Å². The third kappa shape index (κ3) is 7.09. The summed E-state index contributed by atoms with van der Waals surface area (Å²) in [5.41, 5.74) is 5.33. The van der Waals surface area contributed by atoms with Gasteiger partial charge in [0.2, 0.25) is 17.0 Å². The fraction of sp³-hybridized carbons (Fsp3) is 0.0769. The average Bonchev–Trinajstić information content (AvgIpc) is 3.56. The van der Waals surface area contributed by atoms with E-state index in [1.165, 1.54) is 0 Å². The lowest BCUT2D eigenvalue weighted by Crippen LogP contribution is -2.13. The van der Waals surface area contributed by atoms with Crippen LogP contribution in [0, 0.1) is 13.8 Å². The highest BCUT2D eigenvalue weighted by molar-refractivity contribution is 7.09. The average molecular weight is 661 g/mol. The van der Waals surface area contributed by atoms with Crippen molar-refractivity contribution in [2.75, 3.05) is 16.4 Å². The van der Waals surface area contributed by atoms with Gasteiger partial charge in [0.05, 0.1) is 27.9 Å². The van der Waals surface area contributed by atoms with E-state index >= 15 is 0 Å². The number of azo groups is 1. The molecule has 0 amide bonds. The minimum absolute atomic E-state index is 0.0297. The number of aromatic nitrogens is 7. The monoisotopic (exact) mass is 660 g/mol. The van der Waals surface area contributed by atoms with Gasteiger partial charge in [0.1, 0.15) is 5.82 Å². The SMILES string of the molecule is Cc1nsc(/N=N/c2c(C)nn(-c3nc(Nc4cc(C(=O)O)cc(C(=O)O)c4)nc(Nc4cc(C(=O)O)cc(C(=O)O)c4)n3)c2N)n1. The maximum Gasteiger partial charge on any atom is 0.335 e. The lowest BCUT2D eigenvalue weighted by molar-refractivity contribution is 0.0676. The van der Waals surface area contributed by atoms with Crippen LogP contribution in [0.3, 0.4) is 0 Å². The number of carbonyl (C=O) groups is 4. The maximum absolute atomic E-state index is 11.6. The third-order valence-corrected chi connectivity index (χ3v) is 6.69. The predicted molar refractivity (Wildman–Crippen MR) is 162 cm³/mol. The van der Waals surface area contributed by atoms with Crippen LogP contribution in [0.15, 0.2) is 46.6 Å². The first-order valence-corrected chi connectivity index (χ1v) is 13.7. The van der Waals surface area contributed by atoms with E-state index in [2.05, 4.69) is 50.3 Å². The van der Waals surface area contributed by atoms with Crippen molar-refractivity contribution >= 4 is 75.3 Å². The number of aryl methyl sites for hydroxylation is 2. The summed E-state index contributed by atoms with van der Waals surface area (Å²) in [5.74, 6) is -5.94. The largest absolute Gasteiger partial charge is 0.478 e. The zero-order valence-electron chi connectivity index (χ0n) is 23.9. The Labute approximate surface area is 265 Å². The first-order valence-electron chi connectivity index (χ1n) is 12.9. The Kier molecular flexibility index (Phi) is 8.45. The Balaban J connectivity index is 1.62. The number of aromatic carboxylic acids is 4. The van der Waals surface area contributed by atoms with Crippen molar-refractivity contribution in [3.05, 3.63) is 70.2 Å². The number of rotatable bonds is 11.